The molecule has 158 valence electrons. The number of Topliss-reactive ketones (excluding diaryl/α,β-unsaturated/α-hetero) is 1. The topological polar surface area (TPSA) is 65.1 Å². The Kier molecular flexibility index (Phi) is 5.86. The lowest BCUT2D eigenvalue weighted by atomic mass is 9.82. The smallest absolute Gasteiger partial charge is 0.226 e. The molecule has 1 amide bonds. The van der Waals surface area contributed by atoms with Crippen LogP contribution in [0.5, 0.6) is 17.2 Å². The van der Waals surface area contributed by atoms with Crippen molar-refractivity contribution >= 4 is 23.3 Å². The number of likely N-dealkylation sites (tertiary alicyclic amines) is 1. The van der Waals surface area contributed by atoms with Crippen LogP contribution in [0.1, 0.15) is 36.0 Å². The molecule has 0 aromatic heterocycles. The van der Waals surface area contributed by atoms with Crippen LogP contribution in [0, 0.1) is 0 Å². The molecule has 2 aromatic carbocycles. The molecule has 1 saturated heterocycles. The minimum Gasteiger partial charge on any atom is -0.497 e. The summed E-state index contributed by atoms with van der Waals surface area (Å²) in [5.74, 6) is 1.91. The van der Waals surface area contributed by atoms with Gasteiger partial charge in [-0.3, -0.25) is 9.59 Å². The zero-order valence-electron chi connectivity index (χ0n) is 16.9. The molecule has 0 aliphatic carbocycles. The Labute approximate surface area is 180 Å². The van der Waals surface area contributed by atoms with Crippen LogP contribution in [0.15, 0.2) is 42.5 Å². The number of hydrogen-bond acceptors (Lipinski definition) is 5. The molecule has 6 nitrogen and oxygen atoms in total. The SMILES string of the molecule is COc1ccc2c(c1)OC1(CCN(C(=O)CCOc3ccccc3Cl)CC1)CC2=O. The first-order valence-corrected chi connectivity index (χ1v) is 10.4. The van der Waals surface area contributed by atoms with E-state index in [9.17, 15) is 9.59 Å². The van der Waals surface area contributed by atoms with Crippen LogP contribution >= 0.6 is 11.6 Å². The highest BCUT2D eigenvalue weighted by Crippen LogP contribution is 2.40. The third kappa shape index (κ3) is 4.24. The van der Waals surface area contributed by atoms with Gasteiger partial charge in [0.05, 0.1) is 37.1 Å². The van der Waals surface area contributed by atoms with Gasteiger partial charge < -0.3 is 19.1 Å². The molecule has 4 rings (SSSR count). The van der Waals surface area contributed by atoms with Crippen LogP contribution < -0.4 is 14.2 Å². The summed E-state index contributed by atoms with van der Waals surface area (Å²) in [6, 6.07) is 12.5. The number of halogens is 1. The highest BCUT2D eigenvalue weighted by molar-refractivity contribution is 6.32. The average Bonchev–Trinajstić information content (AvgIpc) is 2.75. The van der Waals surface area contributed by atoms with E-state index in [0.29, 0.717) is 60.2 Å². The van der Waals surface area contributed by atoms with Crippen LogP contribution in [-0.2, 0) is 4.79 Å². The Bertz CT molecular complexity index is 952. The molecule has 0 radical (unpaired) electrons. The van der Waals surface area contributed by atoms with Crippen molar-refractivity contribution in [2.24, 2.45) is 0 Å². The van der Waals surface area contributed by atoms with Gasteiger partial charge in [0.2, 0.25) is 5.91 Å². The van der Waals surface area contributed by atoms with Gasteiger partial charge in [-0.2, -0.15) is 0 Å². The molecule has 7 heteroatoms. The maximum absolute atomic E-state index is 12.6. The zero-order valence-corrected chi connectivity index (χ0v) is 17.6. The first-order chi connectivity index (χ1) is 14.5. The summed E-state index contributed by atoms with van der Waals surface area (Å²) in [4.78, 5) is 27.0. The largest absolute Gasteiger partial charge is 0.497 e. The average molecular weight is 430 g/mol. The number of carbonyl (C=O) groups is 2. The number of para-hydroxylation sites is 1. The number of nitrogens with zero attached hydrogens (tertiary/aromatic N) is 1. The van der Waals surface area contributed by atoms with E-state index in [1.165, 1.54) is 0 Å². The number of amides is 1. The molecular weight excluding hydrogens is 406 g/mol. The van der Waals surface area contributed by atoms with Crippen LogP contribution in [0.2, 0.25) is 5.02 Å². The van der Waals surface area contributed by atoms with Crippen molar-refractivity contribution in [2.75, 3.05) is 26.8 Å². The number of benzene rings is 2. The Morgan fingerprint density at radius 2 is 1.97 bits per heavy atom. The van der Waals surface area contributed by atoms with Gasteiger partial charge in [-0.05, 0) is 24.3 Å². The lowest BCUT2D eigenvalue weighted by Gasteiger charge is -2.44. The first kappa shape index (κ1) is 20.5. The summed E-state index contributed by atoms with van der Waals surface area (Å²) in [5, 5.41) is 0.529. The van der Waals surface area contributed by atoms with E-state index in [4.69, 9.17) is 25.8 Å². The summed E-state index contributed by atoms with van der Waals surface area (Å²) < 4.78 is 17.2. The number of rotatable bonds is 5. The quantitative estimate of drug-likeness (QED) is 0.714. The van der Waals surface area contributed by atoms with Crippen LogP contribution in [0.4, 0.5) is 0 Å². The van der Waals surface area contributed by atoms with E-state index >= 15 is 0 Å². The predicted octanol–water partition coefficient (Wildman–Crippen LogP) is 4.14. The Morgan fingerprint density at radius 1 is 1.20 bits per heavy atom. The summed E-state index contributed by atoms with van der Waals surface area (Å²) >= 11 is 6.07. The van der Waals surface area contributed by atoms with Crippen molar-refractivity contribution in [3.63, 3.8) is 0 Å². The number of fused-ring (bicyclic) bond motifs is 1. The summed E-state index contributed by atoms with van der Waals surface area (Å²) in [7, 11) is 1.59. The molecule has 2 heterocycles. The molecule has 30 heavy (non-hydrogen) atoms. The standard InChI is InChI=1S/C23H24ClNO5/c1-28-16-6-7-17-19(26)15-23(30-21(17)14-16)9-11-25(12-10-23)22(27)8-13-29-20-5-3-2-4-18(20)24/h2-7,14H,8-13,15H2,1H3. The molecule has 2 aliphatic heterocycles. The minimum atomic E-state index is -0.554. The Balaban J connectivity index is 1.32. The first-order valence-electron chi connectivity index (χ1n) is 10.0. The third-order valence-corrected chi connectivity index (χ3v) is 6.05. The molecule has 1 fully saturated rings. The Morgan fingerprint density at radius 3 is 2.70 bits per heavy atom. The summed E-state index contributed by atoms with van der Waals surface area (Å²) in [5.41, 5.74) is 0.0398. The second kappa shape index (κ2) is 8.56. The van der Waals surface area contributed by atoms with E-state index in [-0.39, 0.29) is 24.7 Å². The van der Waals surface area contributed by atoms with E-state index in [1.807, 2.05) is 17.0 Å². The van der Waals surface area contributed by atoms with Gasteiger partial charge >= 0.3 is 0 Å². The van der Waals surface area contributed by atoms with E-state index in [2.05, 4.69) is 0 Å². The van der Waals surface area contributed by atoms with Crippen LogP contribution in [0.3, 0.4) is 0 Å². The van der Waals surface area contributed by atoms with Gasteiger partial charge in [0.15, 0.2) is 5.78 Å². The molecular formula is C23H24ClNO5. The number of carbonyl (C=O) groups excluding carboxylic acids is 2. The molecule has 0 unspecified atom stereocenters. The van der Waals surface area contributed by atoms with E-state index in [0.717, 1.165) is 0 Å². The lowest BCUT2D eigenvalue weighted by Crippen LogP contribution is -2.52. The van der Waals surface area contributed by atoms with E-state index < -0.39 is 5.60 Å². The van der Waals surface area contributed by atoms with Crippen molar-refractivity contribution in [1.82, 2.24) is 4.90 Å². The minimum absolute atomic E-state index is 0.0288. The maximum Gasteiger partial charge on any atom is 0.226 e. The maximum atomic E-state index is 12.6. The fourth-order valence-corrected chi connectivity index (χ4v) is 4.20. The number of ketones is 1. The second-order valence-corrected chi connectivity index (χ2v) is 8.06. The molecule has 2 aromatic rings. The van der Waals surface area contributed by atoms with Crippen molar-refractivity contribution < 1.29 is 23.8 Å². The fourth-order valence-electron chi connectivity index (χ4n) is 4.01. The lowest BCUT2D eigenvalue weighted by molar-refractivity contribution is -0.135. The number of ether oxygens (including phenoxy) is 3. The molecule has 2 aliphatic rings. The van der Waals surface area contributed by atoms with Crippen molar-refractivity contribution in [2.45, 2.75) is 31.3 Å². The molecule has 0 saturated carbocycles. The number of piperidine rings is 1. The Hall–Kier alpha value is -2.73. The van der Waals surface area contributed by atoms with Gasteiger partial charge in [0.1, 0.15) is 22.8 Å². The number of methoxy groups -OCH3 is 1. The van der Waals surface area contributed by atoms with Gasteiger partial charge in [-0.1, -0.05) is 23.7 Å². The zero-order chi connectivity index (χ0) is 21.1. The van der Waals surface area contributed by atoms with Crippen molar-refractivity contribution in [3.8, 4) is 17.2 Å². The van der Waals surface area contributed by atoms with Gasteiger partial charge in [-0.15, -0.1) is 0 Å². The fraction of sp³-hybridized carbons (Fsp3) is 0.391. The normalized spacial score (nSPS) is 17.3. The monoisotopic (exact) mass is 429 g/mol. The molecule has 1 spiro atoms. The summed E-state index contributed by atoms with van der Waals surface area (Å²) in [6.45, 7) is 1.38. The molecule has 0 atom stereocenters. The highest BCUT2D eigenvalue weighted by atomic mass is 35.5. The highest BCUT2D eigenvalue weighted by Gasteiger charge is 2.43. The van der Waals surface area contributed by atoms with Crippen LogP contribution in [0.25, 0.3) is 0 Å². The van der Waals surface area contributed by atoms with Crippen LogP contribution in [-0.4, -0.2) is 49.0 Å². The molecule has 0 bridgehead atoms. The van der Waals surface area contributed by atoms with Crippen molar-refractivity contribution in [3.05, 3.63) is 53.1 Å². The number of hydrogen-bond donors (Lipinski definition) is 0. The van der Waals surface area contributed by atoms with Crippen molar-refractivity contribution in [1.29, 1.82) is 0 Å². The third-order valence-electron chi connectivity index (χ3n) is 5.74. The van der Waals surface area contributed by atoms with Gasteiger partial charge in [0.25, 0.3) is 0 Å². The van der Waals surface area contributed by atoms with Gasteiger partial charge in [0, 0.05) is 32.0 Å². The van der Waals surface area contributed by atoms with E-state index in [1.54, 1.807) is 37.4 Å². The second-order valence-electron chi connectivity index (χ2n) is 7.66. The molecule has 0 N–H and O–H groups in total. The predicted molar refractivity (Wildman–Crippen MR) is 113 cm³/mol. The summed E-state index contributed by atoms with van der Waals surface area (Å²) in [6.07, 6.45) is 1.85. The van der Waals surface area contributed by atoms with Gasteiger partial charge in [-0.25, -0.2) is 0 Å².